The highest BCUT2D eigenvalue weighted by atomic mass is 16.5. The predicted molar refractivity (Wildman–Crippen MR) is 34.9 cm³/mol. The molecule has 58 valence electrons. The summed E-state index contributed by atoms with van der Waals surface area (Å²) in [4.78, 5) is 10.6. The number of methoxy groups -OCH3 is 1. The first kappa shape index (κ1) is 9.03. The van der Waals surface area contributed by atoms with Gasteiger partial charge in [0.15, 0.2) is 0 Å². The van der Waals surface area contributed by atoms with Gasteiger partial charge in [0.1, 0.15) is 6.61 Å². The average Bonchev–Trinajstić information content (AvgIpc) is 1.89. The van der Waals surface area contributed by atoms with Crippen LogP contribution in [-0.2, 0) is 9.53 Å². The molecule has 0 rings (SSSR count). The van der Waals surface area contributed by atoms with Crippen molar-refractivity contribution in [2.24, 2.45) is 5.11 Å². The van der Waals surface area contributed by atoms with Gasteiger partial charge in [-0.05, 0) is 0 Å². The van der Waals surface area contributed by atoms with Gasteiger partial charge in [-0.15, -0.1) is 0 Å². The summed E-state index contributed by atoms with van der Waals surface area (Å²) in [5.41, 5.74) is 6.39. The van der Waals surface area contributed by atoms with Crippen LogP contribution in [0.1, 0.15) is 0 Å². The van der Waals surface area contributed by atoms with Crippen molar-refractivity contribution < 1.29 is 9.53 Å². The number of carbonyl (C=O) groups excluding carboxylic acids is 1. The third-order valence-corrected chi connectivity index (χ3v) is 0.821. The summed E-state index contributed by atoms with van der Waals surface area (Å²) in [7, 11) is 1.45. The SMILES string of the molecule is COCC(=O)NCCN=N. The fourth-order valence-electron chi connectivity index (χ4n) is 0.433. The molecule has 0 aliphatic heterocycles. The summed E-state index contributed by atoms with van der Waals surface area (Å²) >= 11 is 0. The van der Waals surface area contributed by atoms with E-state index in [-0.39, 0.29) is 12.5 Å². The van der Waals surface area contributed by atoms with E-state index < -0.39 is 0 Å². The second-order valence-corrected chi connectivity index (χ2v) is 1.66. The van der Waals surface area contributed by atoms with E-state index in [1.807, 2.05) is 0 Å². The Morgan fingerprint density at radius 2 is 2.50 bits per heavy atom. The Labute approximate surface area is 59.3 Å². The van der Waals surface area contributed by atoms with Crippen LogP contribution in [-0.4, -0.2) is 32.7 Å². The van der Waals surface area contributed by atoms with Crippen molar-refractivity contribution in [1.29, 1.82) is 5.53 Å². The number of nitrogens with one attached hydrogen (secondary N) is 2. The van der Waals surface area contributed by atoms with E-state index in [9.17, 15) is 4.79 Å². The van der Waals surface area contributed by atoms with Crippen molar-refractivity contribution in [2.75, 3.05) is 26.8 Å². The van der Waals surface area contributed by atoms with Crippen molar-refractivity contribution >= 4 is 5.91 Å². The summed E-state index contributed by atoms with van der Waals surface area (Å²) in [6.07, 6.45) is 0. The molecular formula is C5H11N3O2. The molecule has 0 saturated heterocycles. The number of hydrogen-bond donors (Lipinski definition) is 2. The Kier molecular flexibility index (Phi) is 5.56. The van der Waals surface area contributed by atoms with E-state index in [1.165, 1.54) is 7.11 Å². The lowest BCUT2D eigenvalue weighted by Gasteiger charge is -1.99. The Bertz CT molecular complexity index is 115. The van der Waals surface area contributed by atoms with Gasteiger partial charge in [0.05, 0.1) is 6.54 Å². The van der Waals surface area contributed by atoms with Gasteiger partial charge in [0.25, 0.3) is 0 Å². The zero-order valence-corrected chi connectivity index (χ0v) is 5.89. The van der Waals surface area contributed by atoms with Gasteiger partial charge in [-0.3, -0.25) is 4.79 Å². The summed E-state index contributed by atoms with van der Waals surface area (Å²) in [5, 5.41) is 5.57. The first-order valence-corrected chi connectivity index (χ1v) is 2.90. The minimum absolute atomic E-state index is 0.0675. The number of ether oxygens (including phenoxy) is 1. The van der Waals surface area contributed by atoms with Crippen LogP contribution < -0.4 is 5.32 Å². The molecular weight excluding hydrogens is 134 g/mol. The molecule has 0 spiro atoms. The number of carbonyl (C=O) groups is 1. The molecule has 0 heterocycles. The Balaban J connectivity index is 3.13. The van der Waals surface area contributed by atoms with Crippen molar-refractivity contribution in [1.82, 2.24) is 5.32 Å². The fraction of sp³-hybridized carbons (Fsp3) is 0.800. The van der Waals surface area contributed by atoms with Crippen LogP contribution in [0, 0.1) is 5.53 Å². The lowest BCUT2D eigenvalue weighted by atomic mass is 10.6. The topological polar surface area (TPSA) is 74.5 Å². The molecule has 0 saturated carbocycles. The second kappa shape index (κ2) is 6.15. The van der Waals surface area contributed by atoms with Crippen LogP contribution in [0.15, 0.2) is 5.11 Å². The molecule has 0 fully saturated rings. The number of rotatable bonds is 5. The molecule has 0 bridgehead atoms. The maximum absolute atomic E-state index is 10.6. The van der Waals surface area contributed by atoms with E-state index in [0.717, 1.165) is 0 Å². The minimum Gasteiger partial charge on any atom is -0.375 e. The van der Waals surface area contributed by atoms with Crippen LogP contribution in [0.4, 0.5) is 0 Å². The Hall–Kier alpha value is -0.970. The number of nitrogens with zero attached hydrogens (tertiary/aromatic N) is 1. The normalized spacial score (nSPS) is 8.90. The lowest BCUT2D eigenvalue weighted by Crippen LogP contribution is -2.29. The van der Waals surface area contributed by atoms with Gasteiger partial charge in [-0.2, -0.15) is 5.11 Å². The third kappa shape index (κ3) is 5.17. The molecule has 0 atom stereocenters. The van der Waals surface area contributed by atoms with E-state index in [0.29, 0.717) is 13.1 Å². The minimum atomic E-state index is -0.175. The monoisotopic (exact) mass is 145 g/mol. The first-order chi connectivity index (χ1) is 4.81. The third-order valence-electron chi connectivity index (χ3n) is 0.821. The first-order valence-electron chi connectivity index (χ1n) is 2.90. The molecule has 5 heteroatoms. The van der Waals surface area contributed by atoms with Crippen molar-refractivity contribution in [2.45, 2.75) is 0 Å². The maximum Gasteiger partial charge on any atom is 0.246 e. The second-order valence-electron chi connectivity index (χ2n) is 1.66. The molecule has 0 radical (unpaired) electrons. The van der Waals surface area contributed by atoms with Crippen molar-refractivity contribution in [3.8, 4) is 0 Å². The van der Waals surface area contributed by atoms with Crippen LogP contribution in [0.25, 0.3) is 0 Å². The molecule has 0 unspecified atom stereocenters. The zero-order chi connectivity index (χ0) is 7.82. The standard InChI is InChI=1S/C5H11N3O2/c1-10-4-5(9)7-2-3-8-6/h6H,2-4H2,1H3,(H,7,9). The van der Waals surface area contributed by atoms with Crippen molar-refractivity contribution in [3.05, 3.63) is 0 Å². The van der Waals surface area contributed by atoms with E-state index >= 15 is 0 Å². The molecule has 0 aromatic rings. The smallest absolute Gasteiger partial charge is 0.246 e. The summed E-state index contributed by atoms with van der Waals surface area (Å²) in [5.74, 6) is -0.175. The summed E-state index contributed by atoms with van der Waals surface area (Å²) in [6, 6.07) is 0. The van der Waals surface area contributed by atoms with Gasteiger partial charge >= 0.3 is 0 Å². The van der Waals surface area contributed by atoms with Crippen LogP contribution in [0.5, 0.6) is 0 Å². The zero-order valence-electron chi connectivity index (χ0n) is 5.89. The highest BCUT2D eigenvalue weighted by Gasteiger charge is 1.95. The fourth-order valence-corrected chi connectivity index (χ4v) is 0.433. The van der Waals surface area contributed by atoms with Gasteiger partial charge in [0.2, 0.25) is 5.91 Å². The van der Waals surface area contributed by atoms with E-state index in [1.54, 1.807) is 0 Å². The number of hydrogen-bond acceptors (Lipinski definition) is 4. The van der Waals surface area contributed by atoms with Gasteiger partial charge < -0.3 is 10.1 Å². The molecule has 10 heavy (non-hydrogen) atoms. The summed E-state index contributed by atoms with van der Waals surface area (Å²) < 4.78 is 4.54. The Morgan fingerprint density at radius 1 is 1.80 bits per heavy atom. The number of amides is 1. The predicted octanol–water partition coefficient (Wildman–Crippen LogP) is -0.220. The van der Waals surface area contributed by atoms with E-state index in [2.05, 4.69) is 15.2 Å². The van der Waals surface area contributed by atoms with Crippen LogP contribution in [0.2, 0.25) is 0 Å². The lowest BCUT2D eigenvalue weighted by molar-refractivity contribution is -0.124. The van der Waals surface area contributed by atoms with Crippen molar-refractivity contribution in [3.63, 3.8) is 0 Å². The largest absolute Gasteiger partial charge is 0.375 e. The van der Waals surface area contributed by atoms with E-state index in [4.69, 9.17) is 5.53 Å². The van der Waals surface area contributed by atoms with Crippen LogP contribution >= 0.6 is 0 Å². The molecule has 0 aromatic carbocycles. The molecule has 0 aromatic heterocycles. The van der Waals surface area contributed by atoms with Crippen LogP contribution in [0.3, 0.4) is 0 Å². The molecule has 2 N–H and O–H groups in total. The van der Waals surface area contributed by atoms with Gasteiger partial charge in [-0.25, -0.2) is 5.53 Å². The highest BCUT2D eigenvalue weighted by Crippen LogP contribution is 1.69. The highest BCUT2D eigenvalue weighted by molar-refractivity contribution is 5.77. The molecule has 1 amide bonds. The maximum atomic E-state index is 10.6. The molecule has 5 nitrogen and oxygen atoms in total. The molecule has 0 aliphatic carbocycles. The average molecular weight is 145 g/mol. The molecule has 0 aliphatic rings. The quantitative estimate of drug-likeness (QED) is 0.414. The van der Waals surface area contributed by atoms with Gasteiger partial charge in [-0.1, -0.05) is 0 Å². The van der Waals surface area contributed by atoms with Gasteiger partial charge in [0, 0.05) is 13.7 Å². The Morgan fingerprint density at radius 3 is 3.00 bits per heavy atom. The summed E-state index contributed by atoms with van der Waals surface area (Å²) in [6.45, 7) is 0.805.